The Morgan fingerprint density at radius 1 is 1.53 bits per heavy atom. The molecule has 0 saturated carbocycles. The molecule has 0 spiro atoms. The summed E-state index contributed by atoms with van der Waals surface area (Å²) in [5, 5.41) is 12.1. The van der Waals surface area contributed by atoms with Crippen LogP contribution in [0.4, 0.5) is 11.8 Å². The maximum absolute atomic E-state index is 10.9. The van der Waals surface area contributed by atoms with Crippen LogP contribution < -0.4 is 11.1 Å². The number of carbonyl (C=O) groups excluding carboxylic acids is 1. The van der Waals surface area contributed by atoms with E-state index in [9.17, 15) is 4.79 Å². The van der Waals surface area contributed by atoms with Gasteiger partial charge in [-0.05, 0) is 0 Å². The highest BCUT2D eigenvalue weighted by Crippen LogP contribution is 2.22. The third kappa shape index (κ3) is 3.54. The molecule has 1 aromatic heterocycles. The van der Waals surface area contributed by atoms with Gasteiger partial charge in [-0.3, -0.25) is 4.79 Å². The molecule has 0 aliphatic carbocycles. The Morgan fingerprint density at radius 2 is 2.18 bits per heavy atom. The molecule has 0 radical (unpaired) electrons. The lowest BCUT2D eigenvalue weighted by Gasteiger charge is -2.22. The van der Waals surface area contributed by atoms with Crippen molar-refractivity contribution >= 4 is 29.7 Å². The van der Waals surface area contributed by atoms with E-state index in [1.165, 1.54) is 0 Å². The number of aliphatic hydroxyl groups excluding tert-OH is 1. The Kier molecular flexibility index (Phi) is 4.25. The van der Waals surface area contributed by atoms with E-state index in [4.69, 9.17) is 22.4 Å². The molecular weight excluding hydrogens is 244 g/mol. The molecule has 1 rings (SSSR count). The van der Waals surface area contributed by atoms with Crippen molar-refractivity contribution in [2.45, 2.75) is 13.8 Å². The molecule has 7 heteroatoms. The van der Waals surface area contributed by atoms with E-state index >= 15 is 0 Å². The van der Waals surface area contributed by atoms with Gasteiger partial charge in [0.05, 0.1) is 5.56 Å². The van der Waals surface area contributed by atoms with Crippen molar-refractivity contribution in [1.82, 2.24) is 9.97 Å². The van der Waals surface area contributed by atoms with Crippen molar-refractivity contribution in [1.29, 1.82) is 0 Å². The standard InChI is InChI=1S/C10H15ClN4O2/c1-10(2,5-17)4-13-8-6(3-16)7(11)14-9(12)15-8/h3,17H,4-5H2,1-2H3,(H3,12,13,14,15). The lowest BCUT2D eigenvalue weighted by atomic mass is 9.95. The molecule has 0 fully saturated rings. The number of aliphatic hydroxyl groups is 1. The summed E-state index contributed by atoms with van der Waals surface area (Å²) in [6.07, 6.45) is 0.566. The number of rotatable bonds is 5. The molecule has 17 heavy (non-hydrogen) atoms. The van der Waals surface area contributed by atoms with E-state index < -0.39 is 0 Å². The summed E-state index contributed by atoms with van der Waals surface area (Å²) in [7, 11) is 0. The minimum atomic E-state index is -0.341. The zero-order valence-corrected chi connectivity index (χ0v) is 10.5. The first-order valence-electron chi connectivity index (χ1n) is 5.02. The number of aromatic nitrogens is 2. The first-order chi connectivity index (χ1) is 7.89. The zero-order chi connectivity index (χ0) is 13.1. The summed E-state index contributed by atoms with van der Waals surface area (Å²) < 4.78 is 0. The average molecular weight is 259 g/mol. The molecule has 0 unspecified atom stereocenters. The SMILES string of the molecule is CC(C)(CO)CNc1nc(N)nc(Cl)c1C=O. The number of aldehydes is 1. The van der Waals surface area contributed by atoms with Gasteiger partial charge in [-0.1, -0.05) is 25.4 Å². The molecule has 0 amide bonds. The molecular formula is C10H15ClN4O2. The third-order valence-electron chi connectivity index (χ3n) is 2.20. The number of halogens is 1. The van der Waals surface area contributed by atoms with Crippen LogP contribution in [-0.2, 0) is 0 Å². The highest BCUT2D eigenvalue weighted by molar-refractivity contribution is 6.32. The summed E-state index contributed by atoms with van der Waals surface area (Å²) in [5.41, 5.74) is 5.26. The molecule has 1 heterocycles. The second kappa shape index (κ2) is 5.29. The summed E-state index contributed by atoms with van der Waals surface area (Å²) in [4.78, 5) is 18.4. The van der Waals surface area contributed by atoms with E-state index in [1.807, 2.05) is 13.8 Å². The Morgan fingerprint density at radius 3 is 2.71 bits per heavy atom. The van der Waals surface area contributed by atoms with Crippen molar-refractivity contribution in [2.75, 3.05) is 24.2 Å². The van der Waals surface area contributed by atoms with Gasteiger partial charge in [-0.2, -0.15) is 4.98 Å². The smallest absolute Gasteiger partial charge is 0.223 e. The average Bonchev–Trinajstić information content (AvgIpc) is 2.26. The fraction of sp³-hybridized carbons (Fsp3) is 0.500. The molecule has 4 N–H and O–H groups in total. The van der Waals surface area contributed by atoms with Gasteiger partial charge in [0.2, 0.25) is 5.95 Å². The van der Waals surface area contributed by atoms with E-state index in [0.717, 1.165) is 0 Å². The van der Waals surface area contributed by atoms with Crippen molar-refractivity contribution in [2.24, 2.45) is 5.41 Å². The molecule has 0 atom stereocenters. The molecule has 0 saturated heterocycles. The molecule has 0 aliphatic rings. The fourth-order valence-electron chi connectivity index (χ4n) is 1.08. The van der Waals surface area contributed by atoms with Crippen molar-refractivity contribution in [3.8, 4) is 0 Å². The van der Waals surface area contributed by atoms with Gasteiger partial charge in [0, 0.05) is 18.6 Å². The van der Waals surface area contributed by atoms with E-state index in [0.29, 0.717) is 12.8 Å². The van der Waals surface area contributed by atoms with E-state index in [1.54, 1.807) is 0 Å². The predicted octanol–water partition coefficient (Wildman–Crippen LogP) is 0.955. The van der Waals surface area contributed by atoms with Gasteiger partial charge in [0.15, 0.2) is 6.29 Å². The molecule has 0 aliphatic heterocycles. The van der Waals surface area contributed by atoms with Gasteiger partial charge in [-0.25, -0.2) is 4.98 Å². The van der Waals surface area contributed by atoms with Crippen LogP contribution in [0, 0.1) is 5.41 Å². The maximum atomic E-state index is 10.9. The normalized spacial score (nSPS) is 11.3. The lowest BCUT2D eigenvalue weighted by molar-refractivity contribution is 0.112. The van der Waals surface area contributed by atoms with Crippen LogP contribution in [-0.4, -0.2) is 34.5 Å². The Labute approximate surface area is 104 Å². The van der Waals surface area contributed by atoms with Gasteiger partial charge < -0.3 is 16.2 Å². The van der Waals surface area contributed by atoms with Crippen LogP contribution >= 0.6 is 11.6 Å². The second-order valence-electron chi connectivity index (χ2n) is 4.43. The minimum Gasteiger partial charge on any atom is -0.396 e. The minimum absolute atomic E-state index is 0.00468. The van der Waals surface area contributed by atoms with Crippen LogP contribution in [0.1, 0.15) is 24.2 Å². The Balaban J connectivity index is 2.94. The fourth-order valence-corrected chi connectivity index (χ4v) is 1.30. The quantitative estimate of drug-likeness (QED) is 0.537. The number of hydrogen-bond acceptors (Lipinski definition) is 6. The largest absolute Gasteiger partial charge is 0.396 e. The van der Waals surface area contributed by atoms with Crippen molar-refractivity contribution in [3.63, 3.8) is 0 Å². The first kappa shape index (κ1) is 13.7. The number of nitrogens with one attached hydrogen (secondary N) is 1. The van der Waals surface area contributed by atoms with E-state index in [2.05, 4.69) is 15.3 Å². The van der Waals surface area contributed by atoms with Crippen LogP contribution in [0.25, 0.3) is 0 Å². The van der Waals surface area contributed by atoms with Crippen LogP contribution in [0.3, 0.4) is 0 Å². The van der Waals surface area contributed by atoms with Crippen LogP contribution in [0.5, 0.6) is 0 Å². The highest BCUT2D eigenvalue weighted by atomic mass is 35.5. The number of anilines is 2. The van der Waals surface area contributed by atoms with Crippen molar-refractivity contribution < 1.29 is 9.90 Å². The van der Waals surface area contributed by atoms with Crippen LogP contribution in [0.2, 0.25) is 5.15 Å². The molecule has 0 bridgehead atoms. The van der Waals surface area contributed by atoms with Crippen LogP contribution in [0.15, 0.2) is 0 Å². The van der Waals surface area contributed by atoms with Gasteiger partial charge in [-0.15, -0.1) is 0 Å². The number of carbonyl (C=O) groups is 1. The summed E-state index contributed by atoms with van der Waals surface area (Å²) in [6, 6.07) is 0. The Hall–Kier alpha value is -1.40. The first-order valence-corrected chi connectivity index (χ1v) is 5.40. The van der Waals surface area contributed by atoms with Gasteiger partial charge >= 0.3 is 0 Å². The van der Waals surface area contributed by atoms with Gasteiger partial charge in [0.25, 0.3) is 0 Å². The lowest BCUT2D eigenvalue weighted by Crippen LogP contribution is -2.27. The predicted molar refractivity (Wildman–Crippen MR) is 66.2 cm³/mol. The zero-order valence-electron chi connectivity index (χ0n) is 9.70. The number of nitrogen functional groups attached to an aromatic ring is 1. The molecule has 94 valence electrons. The third-order valence-corrected chi connectivity index (χ3v) is 2.48. The number of nitrogens with zero attached hydrogens (tertiary/aromatic N) is 2. The maximum Gasteiger partial charge on any atom is 0.223 e. The summed E-state index contributed by atoms with van der Waals surface area (Å²) >= 11 is 5.77. The molecule has 0 aromatic carbocycles. The van der Waals surface area contributed by atoms with Crippen molar-refractivity contribution in [3.05, 3.63) is 10.7 Å². The summed E-state index contributed by atoms with van der Waals surface area (Å²) in [5.74, 6) is 0.268. The summed E-state index contributed by atoms with van der Waals surface area (Å²) in [6.45, 7) is 4.17. The van der Waals surface area contributed by atoms with E-state index in [-0.39, 0.29) is 34.5 Å². The van der Waals surface area contributed by atoms with Gasteiger partial charge in [0.1, 0.15) is 11.0 Å². The molecule has 6 nitrogen and oxygen atoms in total. The highest BCUT2D eigenvalue weighted by Gasteiger charge is 2.18. The second-order valence-corrected chi connectivity index (χ2v) is 4.79. The number of nitrogens with two attached hydrogens (primary N) is 1. The Bertz CT molecular complexity index is 423. The monoisotopic (exact) mass is 258 g/mol. The number of hydrogen-bond donors (Lipinski definition) is 3. The molecule has 1 aromatic rings. The topological polar surface area (TPSA) is 101 Å².